The molecule has 0 bridgehead atoms. The molecule has 150 valence electrons. The molecule has 0 aromatic heterocycles. The minimum Gasteiger partial charge on any atom is -0.315 e. The summed E-state index contributed by atoms with van der Waals surface area (Å²) in [4.78, 5) is 13.0. The SMILES string of the molecule is CN1C(=O)Cc2cc(S(=O)(=O)NC(CC(F)(F)F)c3ccc(Br)cc3)ccc21. The van der Waals surface area contributed by atoms with Crippen LogP contribution in [0.4, 0.5) is 18.9 Å². The Hall–Kier alpha value is -1.91. The zero-order chi connectivity index (χ0) is 20.7. The van der Waals surface area contributed by atoms with Gasteiger partial charge in [0.2, 0.25) is 15.9 Å². The van der Waals surface area contributed by atoms with Gasteiger partial charge in [0, 0.05) is 17.2 Å². The van der Waals surface area contributed by atoms with Crippen LogP contribution >= 0.6 is 15.9 Å². The van der Waals surface area contributed by atoms with Gasteiger partial charge in [-0.25, -0.2) is 13.1 Å². The number of halogens is 4. The molecule has 1 atom stereocenters. The molecule has 0 saturated heterocycles. The first kappa shape index (κ1) is 20.8. The topological polar surface area (TPSA) is 66.5 Å². The number of amides is 1. The van der Waals surface area contributed by atoms with Crippen molar-refractivity contribution in [3.05, 3.63) is 58.1 Å². The normalized spacial score (nSPS) is 15.6. The molecule has 1 aliphatic heterocycles. The van der Waals surface area contributed by atoms with Crippen LogP contribution in [0.25, 0.3) is 0 Å². The van der Waals surface area contributed by atoms with Crippen LogP contribution < -0.4 is 9.62 Å². The van der Waals surface area contributed by atoms with E-state index in [2.05, 4.69) is 20.7 Å². The van der Waals surface area contributed by atoms with Gasteiger partial charge in [-0.05, 0) is 41.5 Å². The van der Waals surface area contributed by atoms with Gasteiger partial charge in [0.05, 0.1) is 23.8 Å². The van der Waals surface area contributed by atoms with Crippen molar-refractivity contribution in [2.45, 2.75) is 30.0 Å². The number of rotatable bonds is 5. The highest BCUT2D eigenvalue weighted by molar-refractivity contribution is 9.10. The Balaban J connectivity index is 1.92. The number of carbonyl (C=O) groups excluding carboxylic acids is 1. The molecule has 28 heavy (non-hydrogen) atoms. The maximum absolute atomic E-state index is 13.0. The fourth-order valence-corrected chi connectivity index (χ4v) is 4.56. The van der Waals surface area contributed by atoms with Crippen molar-refractivity contribution in [2.24, 2.45) is 0 Å². The van der Waals surface area contributed by atoms with Crippen LogP contribution in [-0.2, 0) is 21.2 Å². The molecule has 0 spiro atoms. The van der Waals surface area contributed by atoms with Crippen molar-refractivity contribution >= 4 is 37.5 Å². The summed E-state index contributed by atoms with van der Waals surface area (Å²) in [6, 6.07) is 8.56. The highest BCUT2D eigenvalue weighted by Gasteiger charge is 2.35. The van der Waals surface area contributed by atoms with E-state index in [1.165, 1.54) is 35.2 Å². The van der Waals surface area contributed by atoms with E-state index in [0.717, 1.165) is 0 Å². The molecule has 10 heteroatoms. The standard InChI is InChI=1S/C18H16BrF3N2O3S/c1-24-16-7-6-14(8-12(16)9-17(24)25)28(26,27)23-15(10-18(20,21)22)11-2-4-13(19)5-3-11/h2-8,15,23H,9-10H2,1H3. The van der Waals surface area contributed by atoms with Crippen LogP contribution in [0.1, 0.15) is 23.6 Å². The number of carbonyl (C=O) groups is 1. The smallest absolute Gasteiger partial charge is 0.315 e. The molecule has 2 aromatic carbocycles. The van der Waals surface area contributed by atoms with E-state index in [-0.39, 0.29) is 22.8 Å². The second-order valence-electron chi connectivity index (χ2n) is 6.46. The van der Waals surface area contributed by atoms with E-state index >= 15 is 0 Å². The molecule has 1 N–H and O–H groups in total. The molecule has 0 fully saturated rings. The first-order valence-electron chi connectivity index (χ1n) is 8.20. The Bertz CT molecular complexity index is 1010. The fourth-order valence-electron chi connectivity index (χ4n) is 3.02. The summed E-state index contributed by atoms with van der Waals surface area (Å²) in [5.74, 6) is -0.178. The third-order valence-corrected chi connectivity index (χ3v) is 6.44. The van der Waals surface area contributed by atoms with Crippen LogP contribution in [-0.4, -0.2) is 27.5 Å². The van der Waals surface area contributed by atoms with Crippen LogP contribution in [0.5, 0.6) is 0 Å². The fraction of sp³-hybridized carbons (Fsp3) is 0.278. The van der Waals surface area contributed by atoms with Crippen molar-refractivity contribution in [2.75, 3.05) is 11.9 Å². The summed E-state index contributed by atoms with van der Waals surface area (Å²) < 4.78 is 67.4. The molecule has 0 radical (unpaired) electrons. The quantitative estimate of drug-likeness (QED) is 0.710. The zero-order valence-corrected chi connectivity index (χ0v) is 17.0. The van der Waals surface area contributed by atoms with Crippen molar-refractivity contribution in [3.8, 4) is 0 Å². The molecule has 1 unspecified atom stereocenters. The van der Waals surface area contributed by atoms with E-state index in [4.69, 9.17) is 0 Å². The Kier molecular flexibility index (Phi) is 5.57. The number of hydrogen-bond acceptors (Lipinski definition) is 3. The van der Waals surface area contributed by atoms with Gasteiger partial charge in [0.25, 0.3) is 0 Å². The number of nitrogens with one attached hydrogen (secondary N) is 1. The second kappa shape index (κ2) is 7.49. The van der Waals surface area contributed by atoms with Gasteiger partial charge in [-0.1, -0.05) is 28.1 Å². The lowest BCUT2D eigenvalue weighted by Gasteiger charge is -2.21. The Morgan fingerprint density at radius 1 is 1.18 bits per heavy atom. The predicted molar refractivity (Wildman–Crippen MR) is 101 cm³/mol. The Labute approximate surface area is 168 Å². The van der Waals surface area contributed by atoms with Crippen LogP contribution in [0.15, 0.2) is 51.8 Å². The maximum Gasteiger partial charge on any atom is 0.390 e. The van der Waals surface area contributed by atoms with Gasteiger partial charge in [0.1, 0.15) is 0 Å². The van der Waals surface area contributed by atoms with E-state index in [1.54, 1.807) is 19.2 Å². The average molecular weight is 477 g/mol. The first-order chi connectivity index (χ1) is 13.0. The summed E-state index contributed by atoms with van der Waals surface area (Å²) in [5.41, 5.74) is 1.30. The minimum atomic E-state index is -4.56. The van der Waals surface area contributed by atoms with Gasteiger partial charge in [0.15, 0.2) is 0 Å². The predicted octanol–water partition coefficient (Wildman–Crippen LogP) is 3.94. The van der Waals surface area contributed by atoms with Gasteiger partial charge in [-0.15, -0.1) is 0 Å². The molecular weight excluding hydrogens is 461 g/mol. The first-order valence-corrected chi connectivity index (χ1v) is 10.5. The molecule has 1 aliphatic rings. The Morgan fingerprint density at radius 2 is 1.82 bits per heavy atom. The number of sulfonamides is 1. The summed E-state index contributed by atoms with van der Waals surface area (Å²) in [7, 11) is -2.66. The summed E-state index contributed by atoms with van der Waals surface area (Å²) in [5, 5.41) is 0. The molecule has 5 nitrogen and oxygen atoms in total. The molecular formula is C18H16BrF3N2O3S. The molecule has 1 amide bonds. The zero-order valence-electron chi connectivity index (χ0n) is 14.6. The van der Waals surface area contributed by atoms with Gasteiger partial charge in [-0.3, -0.25) is 4.79 Å². The molecule has 3 rings (SSSR count). The van der Waals surface area contributed by atoms with Crippen molar-refractivity contribution in [1.29, 1.82) is 0 Å². The van der Waals surface area contributed by atoms with E-state index < -0.39 is 28.7 Å². The molecule has 0 saturated carbocycles. The van der Waals surface area contributed by atoms with Crippen LogP contribution in [0.2, 0.25) is 0 Å². The van der Waals surface area contributed by atoms with Crippen molar-refractivity contribution in [3.63, 3.8) is 0 Å². The lowest BCUT2D eigenvalue weighted by Crippen LogP contribution is -2.32. The highest BCUT2D eigenvalue weighted by Crippen LogP contribution is 2.33. The Morgan fingerprint density at radius 3 is 2.43 bits per heavy atom. The number of fused-ring (bicyclic) bond motifs is 1. The maximum atomic E-state index is 13.0. The number of likely N-dealkylation sites (N-methyl/N-ethyl adjacent to an activating group) is 1. The van der Waals surface area contributed by atoms with Crippen molar-refractivity contribution < 1.29 is 26.4 Å². The second-order valence-corrected chi connectivity index (χ2v) is 9.09. The third-order valence-electron chi connectivity index (χ3n) is 4.44. The monoisotopic (exact) mass is 476 g/mol. The number of alkyl halides is 3. The number of nitrogens with zero attached hydrogens (tertiary/aromatic N) is 1. The summed E-state index contributed by atoms with van der Waals surface area (Å²) in [6.07, 6.45) is -5.86. The van der Waals surface area contributed by atoms with E-state index in [0.29, 0.717) is 15.7 Å². The number of anilines is 1. The van der Waals surface area contributed by atoms with Gasteiger partial charge >= 0.3 is 6.18 Å². The lowest BCUT2D eigenvalue weighted by molar-refractivity contribution is -0.139. The molecule has 1 heterocycles. The van der Waals surface area contributed by atoms with Crippen molar-refractivity contribution in [1.82, 2.24) is 4.72 Å². The largest absolute Gasteiger partial charge is 0.390 e. The average Bonchev–Trinajstić information content (AvgIpc) is 2.87. The highest BCUT2D eigenvalue weighted by atomic mass is 79.9. The molecule has 0 aliphatic carbocycles. The third kappa shape index (κ3) is 4.56. The van der Waals surface area contributed by atoms with Gasteiger partial charge < -0.3 is 4.90 Å². The summed E-state index contributed by atoms with van der Waals surface area (Å²) >= 11 is 3.20. The summed E-state index contributed by atoms with van der Waals surface area (Å²) in [6.45, 7) is 0. The van der Waals surface area contributed by atoms with E-state index in [9.17, 15) is 26.4 Å². The number of benzene rings is 2. The van der Waals surface area contributed by atoms with E-state index in [1.807, 2.05) is 0 Å². The molecule has 2 aromatic rings. The number of hydrogen-bond donors (Lipinski definition) is 1. The van der Waals surface area contributed by atoms with Gasteiger partial charge in [-0.2, -0.15) is 13.2 Å². The minimum absolute atomic E-state index is 0.0495. The lowest BCUT2D eigenvalue weighted by atomic mass is 10.0. The van der Waals surface area contributed by atoms with Crippen LogP contribution in [0, 0.1) is 0 Å². The van der Waals surface area contributed by atoms with Crippen LogP contribution in [0.3, 0.4) is 0 Å².